The lowest BCUT2D eigenvalue weighted by Gasteiger charge is -2.35. The molecule has 0 amide bonds. The summed E-state index contributed by atoms with van der Waals surface area (Å²) in [5.74, 6) is 0. The SMILES string of the molecule is [2H]c1c([2H])c([2H])c(-c2cc3ccccc3cc2-c2ccc(N(c3ccc4c(c3)C(c3ccccc3)(c3ccccc3)c3ccccc3-4)c3c([2H])c([2H])c([2H])c(-c4c([2H])c([2H])c([2H])c([2H])c4[2H])c3[2H])cc2)c([2H])c1[2H]. The quantitative estimate of drug-likeness (QED) is 0.149. The fraction of sp³-hybridized carbons (Fsp3) is 0.0169. The first-order chi connectivity index (χ1) is 35.6. The van der Waals surface area contributed by atoms with Crippen molar-refractivity contribution in [3.63, 3.8) is 0 Å². The van der Waals surface area contributed by atoms with Gasteiger partial charge in [-0.05, 0) is 126 Å². The Balaban J connectivity index is 1.20. The molecular formula is C59H41N. The zero-order chi connectivity index (χ0) is 52.1. The van der Waals surface area contributed by atoms with Crippen molar-refractivity contribution in [3.8, 4) is 44.5 Å². The van der Waals surface area contributed by atoms with Crippen molar-refractivity contribution in [1.29, 1.82) is 0 Å². The van der Waals surface area contributed by atoms with E-state index in [1.807, 2.05) is 103 Å². The number of hydrogen-bond acceptors (Lipinski definition) is 1. The minimum absolute atomic E-state index is 0.0261. The molecule has 1 aliphatic rings. The van der Waals surface area contributed by atoms with E-state index >= 15 is 0 Å². The molecular weight excluding hydrogens is 723 g/mol. The molecule has 0 atom stereocenters. The molecule has 60 heavy (non-hydrogen) atoms. The molecule has 1 nitrogen and oxygen atoms in total. The third kappa shape index (κ3) is 5.94. The second kappa shape index (κ2) is 14.9. The highest BCUT2D eigenvalue weighted by atomic mass is 15.1. The minimum atomic E-state index is -0.881. The summed E-state index contributed by atoms with van der Waals surface area (Å²) in [6.07, 6.45) is 0. The molecule has 0 aromatic heterocycles. The van der Waals surface area contributed by atoms with E-state index in [0.717, 1.165) is 44.2 Å². The topological polar surface area (TPSA) is 3.24 Å². The number of hydrogen-bond donors (Lipinski definition) is 0. The van der Waals surface area contributed by atoms with E-state index in [9.17, 15) is 4.11 Å². The highest BCUT2D eigenvalue weighted by Crippen LogP contribution is 2.57. The third-order valence-corrected chi connectivity index (χ3v) is 11.4. The molecule has 282 valence electrons. The molecule has 0 fully saturated rings. The molecule has 1 heteroatoms. The Bertz CT molecular complexity index is 3860. The minimum Gasteiger partial charge on any atom is -0.310 e. The van der Waals surface area contributed by atoms with Crippen LogP contribution in [0.25, 0.3) is 55.3 Å². The summed E-state index contributed by atoms with van der Waals surface area (Å²) in [4.78, 5) is 1.63. The summed E-state index contributed by atoms with van der Waals surface area (Å²) >= 11 is 0. The van der Waals surface area contributed by atoms with Crippen LogP contribution in [-0.2, 0) is 5.41 Å². The van der Waals surface area contributed by atoms with Crippen LogP contribution in [-0.4, -0.2) is 0 Å². The van der Waals surface area contributed by atoms with Gasteiger partial charge < -0.3 is 4.90 Å². The Kier molecular flexibility index (Phi) is 5.86. The van der Waals surface area contributed by atoms with Gasteiger partial charge >= 0.3 is 0 Å². The first-order valence-electron chi connectivity index (χ1n) is 26.6. The lowest BCUT2D eigenvalue weighted by atomic mass is 9.67. The molecule has 0 radical (unpaired) electrons. The van der Waals surface area contributed by atoms with Crippen molar-refractivity contribution < 1.29 is 19.2 Å². The molecule has 0 saturated carbocycles. The predicted octanol–water partition coefficient (Wildman–Crippen LogP) is 15.7. The van der Waals surface area contributed by atoms with E-state index in [0.29, 0.717) is 28.1 Å². The number of fused-ring (bicyclic) bond motifs is 4. The summed E-state index contributed by atoms with van der Waals surface area (Å²) in [5, 5.41) is 1.62. The van der Waals surface area contributed by atoms with Crippen LogP contribution in [0.1, 0.15) is 41.4 Å². The van der Waals surface area contributed by atoms with Gasteiger partial charge in [0, 0.05) is 17.1 Å². The van der Waals surface area contributed by atoms with Gasteiger partial charge in [-0.1, -0.05) is 200 Å². The second-order valence-electron chi connectivity index (χ2n) is 14.6. The van der Waals surface area contributed by atoms with Crippen LogP contribution in [0.3, 0.4) is 0 Å². The summed E-state index contributed by atoms with van der Waals surface area (Å²) < 4.78 is 125. The molecule has 0 unspecified atom stereocenters. The average Bonchev–Trinajstić information content (AvgIpc) is 3.75. The van der Waals surface area contributed by atoms with Gasteiger partial charge in [0.15, 0.2) is 0 Å². The first-order valence-corrected chi connectivity index (χ1v) is 19.6. The normalized spacial score (nSPS) is 15.7. The maximum Gasteiger partial charge on any atom is 0.0714 e. The van der Waals surface area contributed by atoms with Gasteiger partial charge in [-0.2, -0.15) is 0 Å². The Morgan fingerprint density at radius 2 is 0.867 bits per heavy atom. The van der Waals surface area contributed by atoms with Gasteiger partial charge in [0.2, 0.25) is 0 Å². The highest BCUT2D eigenvalue weighted by molar-refractivity contribution is 5.97. The standard InChI is InChI=1S/C59H41N/c1-5-18-42(19-6-1)45-24-17-29-51(38-45)60(50-34-32-44(33-35-50)56-40-47-23-14-13-22-46(47)39-55(56)43-20-7-2-8-21-43)52-36-37-54-53-30-15-16-31-57(53)59(58(54)41-52,48-25-9-3-10-26-48)49-27-11-4-12-28-49/h1-41H/i1D,2D,5D,6D,7D,8D,17D,18D,19D,20D,21D,24D,29D,38D. The van der Waals surface area contributed by atoms with E-state index in [4.69, 9.17) is 15.1 Å². The maximum absolute atomic E-state index is 9.97. The van der Waals surface area contributed by atoms with Crippen LogP contribution in [0.4, 0.5) is 17.1 Å². The Morgan fingerprint density at radius 1 is 0.333 bits per heavy atom. The van der Waals surface area contributed by atoms with Crippen LogP contribution in [0.5, 0.6) is 0 Å². The Morgan fingerprint density at radius 3 is 1.53 bits per heavy atom. The van der Waals surface area contributed by atoms with Crippen molar-refractivity contribution in [2.45, 2.75) is 5.41 Å². The average molecular weight is 778 g/mol. The Hall–Kier alpha value is -7.74. The smallest absolute Gasteiger partial charge is 0.0714 e. The molecule has 0 spiro atoms. The predicted molar refractivity (Wildman–Crippen MR) is 252 cm³/mol. The fourth-order valence-corrected chi connectivity index (χ4v) is 8.79. The van der Waals surface area contributed by atoms with Crippen LogP contribution in [0.2, 0.25) is 0 Å². The fourth-order valence-electron chi connectivity index (χ4n) is 8.79. The highest BCUT2D eigenvalue weighted by Gasteiger charge is 2.46. The van der Waals surface area contributed by atoms with Crippen molar-refractivity contribution in [1.82, 2.24) is 0 Å². The second-order valence-corrected chi connectivity index (χ2v) is 14.6. The van der Waals surface area contributed by atoms with E-state index in [-0.39, 0.29) is 23.3 Å². The summed E-state index contributed by atoms with van der Waals surface area (Å²) in [7, 11) is 0. The summed E-state index contributed by atoms with van der Waals surface area (Å²) in [5.41, 5.74) is 6.29. The molecule has 11 rings (SSSR count). The van der Waals surface area contributed by atoms with E-state index in [2.05, 4.69) is 36.4 Å². The van der Waals surface area contributed by atoms with Gasteiger partial charge in [-0.25, -0.2) is 0 Å². The van der Waals surface area contributed by atoms with Gasteiger partial charge in [0.05, 0.1) is 24.6 Å². The third-order valence-electron chi connectivity index (χ3n) is 11.4. The lowest BCUT2D eigenvalue weighted by molar-refractivity contribution is 0.768. The van der Waals surface area contributed by atoms with Crippen LogP contribution in [0.15, 0.2) is 248 Å². The molecule has 0 heterocycles. The van der Waals surface area contributed by atoms with Crippen molar-refractivity contribution in [3.05, 3.63) is 271 Å². The van der Waals surface area contributed by atoms with Gasteiger partial charge in [-0.3, -0.25) is 0 Å². The number of benzene rings is 10. The van der Waals surface area contributed by atoms with Gasteiger partial charge in [0.1, 0.15) is 0 Å². The molecule has 10 aromatic rings. The van der Waals surface area contributed by atoms with Crippen LogP contribution >= 0.6 is 0 Å². The van der Waals surface area contributed by atoms with Crippen molar-refractivity contribution in [2.24, 2.45) is 0 Å². The Labute approximate surface area is 371 Å². The van der Waals surface area contributed by atoms with Crippen LogP contribution in [0, 0.1) is 0 Å². The van der Waals surface area contributed by atoms with E-state index < -0.39 is 89.1 Å². The maximum atomic E-state index is 9.97. The molecule has 10 aromatic carbocycles. The van der Waals surface area contributed by atoms with E-state index in [1.165, 1.54) is 0 Å². The first kappa shape index (κ1) is 23.6. The molecule has 0 bridgehead atoms. The number of anilines is 3. The monoisotopic (exact) mass is 777 g/mol. The summed E-state index contributed by atoms with van der Waals surface area (Å²) in [6.45, 7) is 0. The van der Waals surface area contributed by atoms with Crippen molar-refractivity contribution >= 4 is 27.8 Å². The molecule has 1 aliphatic carbocycles. The van der Waals surface area contributed by atoms with Crippen molar-refractivity contribution in [2.75, 3.05) is 4.90 Å². The number of nitrogens with zero attached hydrogens (tertiary/aromatic N) is 1. The largest absolute Gasteiger partial charge is 0.310 e. The van der Waals surface area contributed by atoms with Gasteiger partial charge in [0.25, 0.3) is 0 Å². The molecule has 0 aliphatic heterocycles. The lowest BCUT2D eigenvalue weighted by Crippen LogP contribution is -2.28. The van der Waals surface area contributed by atoms with E-state index in [1.54, 1.807) is 29.2 Å². The van der Waals surface area contributed by atoms with Crippen LogP contribution < -0.4 is 4.90 Å². The molecule has 0 N–H and O–H groups in total. The van der Waals surface area contributed by atoms with Gasteiger partial charge in [-0.15, -0.1) is 0 Å². The zero-order valence-electron chi connectivity index (χ0n) is 46.0. The zero-order valence-corrected chi connectivity index (χ0v) is 32.0. The summed E-state index contributed by atoms with van der Waals surface area (Å²) in [6, 6.07) is 44.8. The number of rotatable bonds is 8. The molecule has 0 saturated heterocycles.